The molecule has 0 radical (unpaired) electrons. The molecule has 15 unspecified atom stereocenters. The molecule has 0 aromatic carbocycles. The first-order chi connectivity index (χ1) is 56.9. The van der Waals surface area contributed by atoms with E-state index in [1.165, 1.54) is 26.8 Å². The molecule has 46 nitrogen and oxygen atoms in total. The SMILES string of the molecule is CC(C)(COP(=O)([O-])OP(=O)([O-])OCC1OC(C)(n2cnc3c(N)ncnc32)C(O)C1OP(=O)([O-])[O-])C(O)C(=O)NCCC(=O)NCCSC(=O)/C=C\CCCC(=O)O.CC(N)C(=O)CCCCCC(=O)O.CC(N)C(N)CCCCCC(=O)O.CC1NC(=O)NC1CCCCCC(=O)O.O=C(O)CCCCC1SCC2NC(=O)NC21.[3H]I(B=O)I=N. The number of carboxylic acid groups (broad SMARTS) is 5. The van der Waals surface area contributed by atoms with Gasteiger partial charge in [-0.1, -0.05) is 70.2 Å². The first kappa shape index (κ1) is 111. The summed E-state index contributed by atoms with van der Waals surface area (Å²) in [5, 5.41) is 80.9. The molecule has 15 atom stereocenters. The van der Waals surface area contributed by atoms with E-state index in [4.69, 9.17) is 57.4 Å². The van der Waals surface area contributed by atoms with Crippen molar-refractivity contribution in [1.29, 1.82) is 4.16 Å². The van der Waals surface area contributed by atoms with Crippen molar-refractivity contribution in [2.75, 3.05) is 43.5 Å². The summed E-state index contributed by atoms with van der Waals surface area (Å²) in [5.74, 6) is -4.31. The Kier molecular flexibility index (Phi) is 54.5. The quantitative estimate of drug-likeness (QED) is 0.0112. The average molecular weight is 2050 g/mol. The van der Waals surface area contributed by atoms with E-state index in [-0.39, 0.29) is 140 Å². The van der Waals surface area contributed by atoms with E-state index in [1.807, 2.05) is 25.6 Å². The number of aliphatic hydroxyl groups is 2. The van der Waals surface area contributed by atoms with Crippen LogP contribution in [0.1, 0.15) is 189 Å². The van der Waals surface area contributed by atoms with Crippen LogP contribution in [0.25, 0.3) is 11.2 Å². The number of rotatable bonds is 51. The van der Waals surface area contributed by atoms with Gasteiger partial charge in [0.15, 0.2) is 17.2 Å². The second-order valence-corrected chi connectivity index (χ2v) is 42.4. The molecule has 6 rings (SSSR count). The molecular formula is C67H115BI2N15O31P3S2-4. The van der Waals surface area contributed by atoms with Gasteiger partial charge < -0.3 is 133 Å². The number of amides is 6. The minimum absolute atomic E-state index is 0.0174. The summed E-state index contributed by atoms with van der Waals surface area (Å²) in [6.07, 6.45) is 10.7. The maximum atomic E-state index is 12.6. The van der Waals surface area contributed by atoms with Crippen LogP contribution in [0.3, 0.4) is 0 Å². The standard InChI is InChI=1S/C29H46N7O19P3S.C10H16N2O3S.C10H18N2O3.C9H20N2O2.C9H17NO3.BH2I2NO/c1-28(2,24(42)27(43)32-10-9-18(37)31-11-12-59-20(40)8-6-4-5-7-19(38)39)14-52-58(49,50)55-57(47,48)51-13-17-22(54-56(44,45)46)23(41)29(3,53-17)36-16-35-21-25(30)33-15-34-26(21)36;13-8(14)4-2-1-3-7-9-6(5-16-7)11-10(15)12-9;1-7-8(12-10(15)11-7)5-3-2-4-6-9(13)14;2*1-7(10)8(11)5-3-2-4-6-9(12)13;4-3-2-1-5/h6,8,15-17,22-24,41-42H,4-5,7,9-14H2,1-3H3,(H,31,37)(H,32,43)(H,38,39)(H,47,48)(H,49,50)(H2,30,33,34)(H2,44,45,46);6-7,9H,1-5H2,(H,13,14)(H2,11,12,15);7-8H,2-6H2,1H3,(H,13,14)(H2,11,12,15);7-8H,2-6,10-11H2,1H3,(H,12,13);7H,2-6,10H2,1H3,(H,12,13);2,4H/p-4/b8-6-;;;;;/i;;;;;2T. The second-order valence-electron chi connectivity index (χ2n) is 28.6. The number of aliphatic hydroxyl groups excluding tert-OH is 2. The number of thioether (sulfide) groups is 2. The number of anilines is 1. The number of imidazole rings is 1. The molecule has 0 spiro atoms. The minimum atomic E-state index is -5.95. The zero-order chi connectivity index (χ0) is 92.7. The van der Waals surface area contributed by atoms with Gasteiger partial charge in [-0.3, -0.25) is 56.8 Å². The number of ketones is 1. The number of carbonyl (C=O) groups is 11. The zero-order valence-electron chi connectivity index (χ0n) is 68.8. The molecule has 121 heavy (non-hydrogen) atoms. The number of nitrogens with one attached hydrogen (secondary N) is 7. The zero-order valence-corrected chi connectivity index (χ0v) is 76.4. The Morgan fingerprint density at radius 2 is 1.36 bits per heavy atom. The third-order valence-corrected chi connectivity index (χ3v) is 26.6. The fourth-order valence-corrected chi connectivity index (χ4v) is 16.9. The van der Waals surface area contributed by atoms with Crippen molar-refractivity contribution in [3.05, 3.63) is 24.8 Å². The second kappa shape index (κ2) is 59.2. The number of Topliss-reactive ketones (excluding diaryl/α,β-unsaturated/α-hetero) is 1. The number of carboxylic acids is 5. The number of allylic oxidation sites excluding steroid dienone is 1. The van der Waals surface area contributed by atoms with E-state index in [2.05, 4.69) is 64.7 Å². The van der Waals surface area contributed by atoms with Crippen molar-refractivity contribution in [1.82, 2.24) is 51.4 Å². The van der Waals surface area contributed by atoms with Crippen molar-refractivity contribution >= 4 is 167 Å². The molecule has 0 aliphatic carbocycles. The van der Waals surface area contributed by atoms with Gasteiger partial charge in [0.25, 0.3) is 15.6 Å². The van der Waals surface area contributed by atoms with Crippen LogP contribution >= 0.6 is 80.9 Å². The molecule has 54 heteroatoms. The molecule has 4 aliphatic rings. The van der Waals surface area contributed by atoms with E-state index in [1.54, 1.807) is 13.0 Å². The summed E-state index contributed by atoms with van der Waals surface area (Å²) in [6, 6.07) is 0.399. The molecular weight excluding hydrogens is 1930 g/mol. The van der Waals surface area contributed by atoms with E-state index in [9.17, 15) is 101 Å². The third kappa shape index (κ3) is 49.1. The number of carbonyl (C=O) groups excluding carboxylic acids is 6. The van der Waals surface area contributed by atoms with Gasteiger partial charge in [0.05, 0.1) is 51.5 Å². The summed E-state index contributed by atoms with van der Waals surface area (Å²) in [5.41, 5.74) is 18.6. The third-order valence-electron chi connectivity index (χ3n) is 18.0. The first-order valence-corrected chi connectivity index (χ1v) is 53.2. The Morgan fingerprint density at radius 3 is 1.90 bits per heavy atom. The number of aliphatic carboxylic acids is 5. The molecule has 6 amide bonds. The van der Waals surface area contributed by atoms with Gasteiger partial charge >= 0.3 is 89.6 Å². The van der Waals surface area contributed by atoms with Crippen LogP contribution in [0.5, 0.6) is 0 Å². The van der Waals surface area contributed by atoms with Crippen LogP contribution in [0, 0.1) is 8.98 Å². The van der Waals surface area contributed by atoms with Crippen molar-refractivity contribution in [2.24, 2.45) is 22.6 Å². The number of halogens is 2. The van der Waals surface area contributed by atoms with Gasteiger partial charge in [0.1, 0.15) is 42.0 Å². The molecule has 0 saturated carbocycles. The number of hydrogen-bond acceptors (Lipinski definition) is 36. The fraction of sp³-hybridized carbons (Fsp3) is 0.731. The topological polar surface area (TPSA) is 780 Å². The Morgan fingerprint density at radius 1 is 0.802 bits per heavy atom. The number of unbranched alkanes of at least 4 members (excludes halogenated alkanes) is 8. The summed E-state index contributed by atoms with van der Waals surface area (Å²) < 4.78 is 83.8. The number of nitrogen functional groups attached to an aromatic ring is 1. The number of aromatic nitrogens is 4. The number of phosphoric acid groups is 3. The molecule has 2 aromatic rings. The van der Waals surface area contributed by atoms with Gasteiger partial charge in [-0.15, -0.1) is 0 Å². The van der Waals surface area contributed by atoms with Crippen LogP contribution in [0.4, 0.5) is 15.4 Å². The predicted molar refractivity (Wildman–Crippen MR) is 451 cm³/mol. The molecule has 6 heterocycles. The predicted octanol–water partition coefficient (Wildman–Crippen LogP) is 1.95. The van der Waals surface area contributed by atoms with Crippen molar-refractivity contribution in [3.63, 3.8) is 0 Å². The Labute approximate surface area is 725 Å². The number of ether oxygens (including phenoxy) is 1. The summed E-state index contributed by atoms with van der Waals surface area (Å²) >= 11 is 0.0854. The number of phosphoric ester groups is 3. The first-order valence-electron chi connectivity index (χ1n) is 38.6. The van der Waals surface area contributed by atoms with E-state index < -0.39 is 148 Å². The van der Waals surface area contributed by atoms with Crippen molar-refractivity contribution < 1.29 is 149 Å². The Bertz CT molecular complexity index is 3870. The van der Waals surface area contributed by atoms with Gasteiger partial charge in [-0.05, 0) is 98.0 Å². The number of urea groups is 2. The van der Waals surface area contributed by atoms with Gasteiger partial charge in [-0.25, -0.2) is 28.9 Å². The molecule has 2 aromatic heterocycles. The molecule has 692 valence electrons. The summed E-state index contributed by atoms with van der Waals surface area (Å²) in [4.78, 5) is 181. The monoisotopic (exact) mass is 2050 g/mol. The van der Waals surface area contributed by atoms with E-state index in [0.29, 0.717) is 35.9 Å². The molecule has 22 N–H and O–H groups in total. The van der Waals surface area contributed by atoms with Crippen LogP contribution in [-0.4, -0.2) is 235 Å². The van der Waals surface area contributed by atoms with E-state index in [0.717, 1.165) is 118 Å². The number of fused-ring (bicyclic) bond motifs is 2. The van der Waals surface area contributed by atoms with Crippen molar-refractivity contribution in [3.8, 4) is 0 Å². The Balaban J connectivity index is 0.000000935. The number of hydrogen-bond donors (Lipinski definition) is 18. The van der Waals surface area contributed by atoms with Crippen LogP contribution < -0.4 is 74.4 Å². The fourth-order valence-electron chi connectivity index (χ4n) is 11.3. The van der Waals surface area contributed by atoms with E-state index >= 15 is 0 Å². The Hall–Kier alpha value is -5.79. The molecule has 4 saturated heterocycles. The van der Waals surface area contributed by atoms with Crippen molar-refractivity contribution in [2.45, 2.75) is 267 Å². The van der Waals surface area contributed by atoms with Gasteiger partial charge in [-0.2, -0.15) is 11.8 Å². The summed E-state index contributed by atoms with van der Waals surface area (Å²) in [6.45, 7) is 6.57. The molecule has 4 fully saturated rings. The van der Waals surface area contributed by atoms with Crippen LogP contribution in [-0.2, 0) is 89.9 Å². The molecule has 0 bridgehead atoms. The van der Waals surface area contributed by atoms with Gasteiger partial charge in [0, 0.05) is 98.3 Å². The van der Waals surface area contributed by atoms with Gasteiger partial charge in [0.2, 0.25) is 16.9 Å². The normalized spacial score (nSPS) is 21.7. The maximum absolute atomic E-state index is 12.6. The molecule has 4 aliphatic heterocycles. The average Bonchev–Trinajstić information content (AvgIpc) is 1.59. The number of nitrogens with zero attached hydrogens (tertiary/aromatic N) is 4. The number of nitrogens with two attached hydrogens (primary N) is 4. The van der Waals surface area contributed by atoms with Crippen LogP contribution in [0.15, 0.2) is 24.8 Å². The summed E-state index contributed by atoms with van der Waals surface area (Å²) in [7, 11) is -17.7. The van der Waals surface area contributed by atoms with Crippen LogP contribution in [0.2, 0.25) is 0 Å².